The molecule has 1 aromatic rings. The summed E-state index contributed by atoms with van der Waals surface area (Å²) in [6, 6.07) is 6.93. The number of rotatable bonds is 4. The minimum Gasteiger partial charge on any atom is -0.263 e. The molecule has 2 saturated carbocycles. The van der Waals surface area contributed by atoms with Gasteiger partial charge in [-0.05, 0) is 67.9 Å². The van der Waals surface area contributed by atoms with Gasteiger partial charge in [-0.25, -0.2) is 0 Å². The third-order valence-electron chi connectivity index (χ3n) is 8.03. The van der Waals surface area contributed by atoms with E-state index in [0.717, 1.165) is 43.1 Å². The molecule has 4 rings (SSSR count). The largest absolute Gasteiger partial charge is 0.297 e. The zero-order valence-electron chi connectivity index (χ0n) is 17.5. The van der Waals surface area contributed by atoms with E-state index in [1.807, 2.05) is 19.1 Å². The van der Waals surface area contributed by atoms with E-state index in [0.29, 0.717) is 5.92 Å². The summed E-state index contributed by atoms with van der Waals surface area (Å²) < 4.78 is 31.1. The lowest BCUT2D eigenvalue weighted by Crippen LogP contribution is -2.43. The van der Waals surface area contributed by atoms with Gasteiger partial charge in [-0.3, -0.25) is 4.18 Å². The van der Waals surface area contributed by atoms with Gasteiger partial charge in [0.2, 0.25) is 0 Å². The van der Waals surface area contributed by atoms with Crippen molar-refractivity contribution in [1.82, 2.24) is 0 Å². The van der Waals surface area contributed by atoms with E-state index in [4.69, 9.17) is 4.18 Å². The van der Waals surface area contributed by atoms with Crippen LogP contribution in [-0.2, 0) is 14.3 Å². The highest BCUT2D eigenvalue weighted by atomic mass is 32.2. The average Bonchev–Trinajstić information content (AvgIpc) is 3.18. The van der Waals surface area contributed by atoms with Crippen molar-refractivity contribution in [2.45, 2.75) is 83.1 Å². The first-order chi connectivity index (χ1) is 13.3. The minimum absolute atomic E-state index is 0.207. The third-order valence-corrected chi connectivity index (χ3v) is 9.40. The molecule has 0 bridgehead atoms. The second-order valence-corrected chi connectivity index (χ2v) is 11.2. The van der Waals surface area contributed by atoms with Gasteiger partial charge >= 0.3 is 0 Å². The SMILES string of the molecule is Cc1ccc(S(=O)(=O)OC2CC[C@@]3(C)C(=CC[C@@H](C4CCCC4)[C@@H]3C)C2)cc1. The van der Waals surface area contributed by atoms with Crippen molar-refractivity contribution in [3.8, 4) is 0 Å². The summed E-state index contributed by atoms with van der Waals surface area (Å²) in [5.41, 5.74) is 2.69. The average molecular weight is 403 g/mol. The van der Waals surface area contributed by atoms with E-state index in [2.05, 4.69) is 19.9 Å². The van der Waals surface area contributed by atoms with Crippen LogP contribution in [0.25, 0.3) is 0 Å². The quantitative estimate of drug-likeness (QED) is 0.456. The lowest BCUT2D eigenvalue weighted by molar-refractivity contribution is 0.0539. The normalized spacial score (nSPS) is 34.1. The van der Waals surface area contributed by atoms with Gasteiger partial charge in [0, 0.05) is 0 Å². The third kappa shape index (κ3) is 3.70. The van der Waals surface area contributed by atoms with Crippen LogP contribution in [0.1, 0.15) is 70.8 Å². The van der Waals surface area contributed by atoms with Crippen LogP contribution in [0, 0.1) is 30.1 Å². The first kappa shape index (κ1) is 20.2. The fourth-order valence-corrected chi connectivity index (χ4v) is 7.10. The first-order valence-corrected chi connectivity index (χ1v) is 12.4. The van der Waals surface area contributed by atoms with Crippen molar-refractivity contribution in [2.24, 2.45) is 23.2 Å². The number of fused-ring (bicyclic) bond motifs is 1. The monoisotopic (exact) mass is 402 g/mol. The summed E-state index contributed by atoms with van der Waals surface area (Å²) >= 11 is 0. The van der Waals surface area contributed by atoms with Gasteiger partial charge < -0.3 is 0 Å². The lowest BCUT2D eigenvalue weighted by atomic mass is 9.55. The van der Waals surface area contributed by atoms with Crippen LogP contribution in [0.4, 0.5) is 0 Å². The van der Waals surface area contributed by atoms with Crippen LogP contribution >= 0.6 is 0 Å². The maximum absolute atomic E-state index is 12.7. The summed E-state index contributed by atoms with van der Waals surface area (Å²) in [4.78, 5) is 0.263. The zero-order chi connectivity index (χ0) is 19.9. The minimum atomic E-state index is -3.70. The topological polar surface area (TPSA) is 43.4 Å². The molecular weight excluding hydrogens is 368 g/mol. The number of hydrogen-bond donors (Lipinski definition) is 0. The lowest BCUT2D eigenvalue weighted by Gasteiger charge is -2.50. The standard InChI is InChI=1S/C24H34O3S/c1-17-8-11-22(12-9-17)28(25,26)27-21-14-15-24(3)18(2)23(13-10-20(24)16-21)19-6-4-5-7-19/h8-12,18-19,21,23H,4-7,13-16H2,1-3H3/t18-,21?,23+,24+/m0/s1. The maximum Gasteiger partial charge on any atom is 0.297 e. The Kier molecular flexibility index (Phi) is 5.47. The molecule has 0 spiro atoms. The van der Waals surface area contributed by atoms with Gasteiger partial charge in [0.25, 0.3) is 10.1 Å². The Morgan fingerprint density at radius 3 is 2.43 bits per heavy atom. The van der Waals surface area contributed by atoms with Crippen LogP contribution < -0.4 is 0 Å². The molecule has 154 valence electrons. The molecule has 0 aromatic heterocycles. The van der Waals surface area contributed by atoms with E-state index in [1.54, 1.807) is 12.1 Å². The smallest absolute Gasteiger partial charge is 0.263 e. The van der Waals surface area contributed by atoms with Gasteiger partial charge in [-0.2, -0.15) is 8.42 Å². The molecule has 1 unspecified atom stereocenters. The molecule has 3 aliphatic rings. The van der Waals surface area contributed by atoms with E-state index in [1.165, 1.54) is 31.3 Å². The van der Waals surface area contributed by atoms with Crippen LogP contribution in [0.3, 0.4) is 0 Å². The maximum atomic E-state index is 12.7. The molecule has 0 N–H and O–H groups in total. The molecule has 0 radical (unpaired) electrons. The molecule has 4 atom stereocenters. The van der Waals surface area contributed by atoms with Crippen LogP contribution in [0.2, 0.25) is 0 Å². The Morgan fingerprint density at radius 1 is 1.07 bits per heavy atom. The summed E-state index contributed by atoms with van der Waals surface area (Å²) in [6.45, 7) is 6.81. The van der Waals surface area contributed by atoms with Crippen molar-refractivity contribution >= 4 is 10.1 Å². The summed E-state index contributed by atoms with van der Waals surface area (Å²) in [5, 5.41) is 0. The van der Waals surface area contributed by atoms with Crippen molar-refractivity contribution in [3.05, 3.63) is 41.5 Å². The van der Waals surface area contributed by atoms with Gasteiger partial charge in [0.15, 0.2) is 0 Å². The predicted octanol–water partition coefficient (Wildman–Crippen LogP) is 6.03. The Labute approximate surface area is 170 Å². The molecule has 4 heteroatoms. The number of benzene rings is 1. The second kappa shape index (κ2) is 7.60. The summed E-state index contributed by atoms with van der Waals surface area (Å²) in [5.74, 6) is 2.36. The van der Waals surface area contributed by atoms with Crippen LogP contribution in [0.5, 0.6) is 0 Å². The molecular formula is C24H34O3S. The Morgan fingerprint density at radius 2 is 1.75 bits per heavy atom. The molecule has 0 amide bonds. The molecule has 0 heterocycles. The van der Waals surface area contributed by atoms with Gasteiger partial charge in [-0.1, -0.05) is 68.9 Å². The second-order valence-electron chi connectivity index (χ2n) is 9.61. The fourth-order valence-electron chi connectivity index (χ4n) is 6.00. The highest BCUT2D eigenvalue weighted by molar-refractivity contribution is 7.86. The van der Waals surface area contributed by atoms with Crippen molar-refractivity contribution < 1.29 is 12.6 Å². The van der Waals surface area contributed by atoms with E-state index < -0.39 is 10.1 Å². The molecule has 3 aliphatic carbocycles. The molecule has 0 aliphatic heterocycles. The van der Waals surface area contributed by atoms with Crippen LogP contribution in [-0.4, -0.2) is 14.5 Å². The highest BCUT2D eigenvalue weighted by Crippen LogP contribution is 2.56. The van der Waals surface area contributed by atoms with E-state index in [9.17, 15) is 8.42 Å². The van der Waals surface area contributed by atoms with Crippen LogP contribution in [0.15, 0.2) is 40.8 Å². The fraction of sp³-hybridized carbons (Fsp3) is 0.667. The van der Waals surface area contributed by atoms with Gasteiger partial charge in [0.1, 0.15) is 0 Å². The van der Waals surface area contributed by atoms with Crippen molar-refractivity contribution in [2.75, 3.05) is 0 Å². The Balaban J connectivity index is 1.48. The van der Waals surface area contributed by atoms with E-state index >= 15 is 0 Å². The first-order valence-electron chi connectivity index (χ1n) is 11.0. The van der Waals surface area contributed by atoms with E-state index in [-0.39, 0.29) is 16.4 Å². The predicted molar refractivity (Wildman–Crippen MR) is 113 cm³/mol. The molecule has 3 nitrogen and oxygen atoms in total. The zero-order valence-corrected chi connectivity index (χ0v) is 18.3. The Bertz CT molecular complexity index is 833. The van der Waals surface area contributed by atoms with Gasteiger partial charge in [-0.15, -0.1) is 0 Å². The number of allylic oxidation sites excluding steroid dienone is 1. The molecule has 28 heavy (non-hydrogen) atoms. The van der Waals surface area contributed by atoms with Crippen molar-refractivity contribution in [3.63, 3.8) is 0 Å². The Hall–Kier alpha value is -1.13. The summed E-state index contributed by atoms with van der Waals surface area (Å²) in [6.07, 6.45) is 11.6. The van der Waals surface area contributed by atoms with Gasteiger partial charge in [0.05, 0.1) is 11.0 Å². The number of aryl methyl sites for hydroxylation is 1. The molecule has 0 saturated heterocycles. The number of hydrogen-bond acceptors (Lipinski definition) is 3. The highest BCUT2D eigenvalue weighted by Gasteiger charge is 2.47. The molecule has 1 aromatic carbocycles. The summed E-state index contributed by atoms with van der Waals surface area (Å²) in [7, 11) is -3.70. The van der Waals surface area contributed by atoms with Crippen molar-refractivity contribution in [1.29, 1.82) is 0 Å². The molecule has 2 fully saturated rings.